The molecule has 0 amide bonds. The second kappa shape index (κ2) is 7.57. The summed E-state index contributed by atoms with van der Waals surface area (Å²) >= 11 is 4.87. The molecule has 2 aromatic carbocycles. The lowest BCUT2D eigenvalue weighted by Crippen LogP contribution is -2.14. The van der Waals surface area contributed by atoms with Gasteiger partial charge in [-0.25, -0.2) is 13.4 Å². The van der Waals surface area contributed by atoms with Gasteiger partial charge in [0.05, 0.1) is 12.3 Å². The van der Waals surface area contributed by atoms with E-state index in [-0.39, 0.29) is 4.90 Å². The molecule has 0 saturated heterocycles. The van der Waals surface area contributed by atoms with Gasteiger partial charge in [-0.2, -0.15) is 0 Å². The number of rotatable bonds is 6. The Labute approximate surface area is 175 Å². The maximum atomic E-state index is 13.0. The highest BCUT2D eigenvalue weighted by Crippen LogP contribution is 2.30. The normalized spacial score (nSPS) is 11.6. The lowest BCUT2D eigenvalue weighted by atomic mass is 10.1. The van der Waals surface area contributed by atoms with E-state index < -0.39 is 10.0 Å². The van der Waals surface area contributed by atoms with E-state index in [1.807, 2.05) is 35.2 Å². The summed E-state index contributed by atoms with van der Waals surface area (Å²) in [5.41, 5.74) is 2.07. The molecule has 0 unspecified atom stereocenters. The van der Waals surface area contributed by atoms with E-state index in [9.17, 15) is 8.42 Å². The third-order valence-electron chi connectivity index (χ3n) is 4.00. The molecule has 0 saturated carbocycles. The highest BCUT2D eigenvalue weighted by Gasteiger charge is 2.21. The second-order valence-electron chi connectivity index (χ2n) is 5.93. The van der Waals surface area contributed by atoms with Crippen molar-refractivity contribution >= 4 is 47.9 Å². The Morgan fingerprint density at radius 2 is 2.11 bits per heavy atom. The molecule has 1 N–H and O–H groups in total. The zero-order valence-electron chi connectivity index (χ0n) is 14.8. The predicted molar refractivity (Wildman–Crippen MR) is 115 cm³/mol. The standard InChI is InChI=1S/C19H16BrN3O3S2/c1-2-26-17-7-6-14(20)11-18(17)28(24,25)22-15-5-3-4-13(10-15)16-12-23-8-9-27-19(23)21-16/h3-12,22H,2H2,1H3. The van der Waals surface area contributed by atoms with Gasteiger partial charge in [-0.05, 0) is 37.3 Å². The van der Waals surface area contributed by atoms with E-state index in [1.165, 1.54) is 6.07 Å². The van der Waals surface area contributed by atoms with Crippen LogP contribution in [0.1, 0.15) is 6.92 Å². The molecule has 2 aromatic heterocycles. The van der Waals surface area contributed by atoms with Gasteiger partial charge in [0.2, 0.25) is 0 Å². The van der Waals surface area contributed by atoms with Crippen LogP contribution in [0, 0.1) is 0 Å². The molecule has 0 aliphatic rings. The summed E-state index contributed by atoms with van der Waals surface area (Å²) in [5, 5.41) is 1.96. The molecule has 6 nitrogen and oxygen atoms in total. The van der Waals surface area contributed by atoms with Crippen LogP contribution in [0.3, 0.4) is 0 Å². The summed E-state index contributed by atoms with van der Waals surface area (Å²) in [6, 6.07) is 12.1. The molecule has 0 aliphatic carbocycles. The molecule has 0 aliphatic heterocycles. The van der Waals surface area contributed by atoms with Gasteiger partial charge in [-0.1, -0.05) is 28.1 Å². The van der Waals surface area contributed by atoms with Gasteiger partial charge in [0.25, 0.3) is 10.0 Å². The molecule has 0 spiro atoms. The third-order valence-corrected chi connectivity index (χ3v) is 6.67. The van der Waals surface area contributed by atoms with Crippen molar-refractivity contribution in [1.29, 1.82) is 0 Å². The third kappa shape index (κ3) is 3.78. The van der Waals surface area contributed by atoms with Crippen molar-refractivity contribution < 1.29 is 13.2 Å². The van der Waals surface area contributed by atoms with Crippen LogP contribution >= 0.6 is 27.3 Å². The molecule has 0 atom stereocenters. The minimum atomic E-state index is -3.83. The number of ether oxygens (including phenoxy) is 1. The van der Waals surface area contributed by atoms with Crippen LogP contribution < -0.4 is 9.46 Å². The van der Waals surface area contributed by atoms with Gasteiger partial charge < -0.3 is 4.74 Å². The Morgan fingerprint density at radius 1 is 1.25 bits per heavy atom. The summed E-state index contributed by atoms with van der Waals surface area (Å²) in [4.78, 5) is 5.53. The first kappa shape index (κ1) is 19.0. The number of nitrogens with zero attached hydrogens (tertiary/aromatic N) is 2. The molecule has 0 bridgehead atoms. The fourth-order valence-electron chi connectivity index (χ4n) is 2.79. The number of aromatic nitrogens is 2. The van der Waals surface area contributed by atoms with E-state index in [1.54, 1.807) is 41.7 Å². The van der Waals surface area contributed by atoms with Crippen LogP contribution in [0.5, 0.6) is 5.75 Å². The number of benzene rings is 2. The Balaban J connectivity index is 1.67. The number of hydrogen-bond acceptors (Lipinski definition) is 5. The topological polar surface area (TPSA) is 72.7 Å². The van der Waals surface area contributed by atoms with Crippen LogP contribution in [0.15, 0.2) is 69.6 Å². The van der Waals surface area contributed by atoms with Crippen LogP contribution in [-0.2, 0) is 10.0 Å². The summed E-state index contributed by atoms with van der Waals surface area (Å²) in [6.07, 6.45) is 3.85. The van der Waals surface area contributed by atoms with Crippen LogP contribution in [-0.4, -0.2) is 24.4 Å². The predicted octanol–water partition coefficient (Wildman–Crippen LogP) is 5.02. The fourth-order valence-corrected chi connectivity index (χ4v) is 5.22. The number of halogens is 1. The van der Waals surface area contributed by atoms with Gasteiger partial charge >= 0.3 is 0 Å². The van der Waals surface area contributed by atoms with E-state index in [0.717, 1.165) is 16.2 Å². The Bertz CT molecular complexity index is 1220. The SMILES string of the molecule is CCOc1ccc(Br)cc1S(=O)(=O)Nc1cccc(-c2cn3ccsc3n2)c1. The van der Waals surface area contributed by atoms with E-state index in [4.69, 9.17) is 4.74 Å². The molecular formula is C19H16BrN3O3S2. The molecular weight excluding hydrogens is 462 g/mol. The quantitative estimate of drug-likeness (QED) is 0.422. The highest BCUT2D eigenvalue weighted by molar-refractivity contribution is 9.10. The number of nitrogens with one attached hydrogen (secondary N) is 1. The number of fused-ring (bicyclic) bond motifs is 1. The van der Waals surface area contributed by atoms with Crippen molar-refractivity contribution in [3.8, 4) is 17.0 Å². The Kier molecular flexibility index (Phi) is 5.13. The maximum Gasteiger partial charge on any atom is 0.265 e. The largest absolute Gasteiger partial charge is 0.492 e. The molecule has 2 heterocycles. The molecule has 4 aromatic rings. The average Bonchev–Trinajstić information content (AvgIpc) is 3.25. The molecule has 9 heteroatoms. The first-order chi connectivity index (χ1) is 13.5. The zero-order chi connectivity index (χ0) is 19.7. The van der Waals surface area contributed by atoms with Gasteiger partial charge in [0, 0.05) is 33.5 Å². The maximum absolute atomic E-state index is 13.0. The fraction of sp³-hybridized carbons (Fsp3) is 0.105. The summed E-state index contributed by atoms with van der Waals surface area (Å²) in [7, 11) is -3.83. The van der Waals surface area contributed by atoms with Crippen molar-refractivity contribution in [2.24, 2.45) is 0 Å². The van der Waals surface area contributed by atoms with Crippen LogP contribution in [0.25, 0.3) is 16.2 Å². The Hall–Kier alpha value is -2.36. The lowest BCUT2D eigenvalue weighted by Gasteiger charge is -2.13. The average molecular weight is 478 g/mol. The molecule has 0 fully saturated rings. The first-order valence-electron chi connectivity index (χ1n) is 8.44. The van der Waals surface area contributed by atoms with Crippen molar-refractivity contribution in [3.05, 3.63) is 64.7 Å². The first-order valence-corrected chi connectivity index (χ1v) is 11.6. The van der Waals surface area contributed by atoms with Crippen LogP contribution in [0.2, 0.25) is 0 Å². The van der Waals surface area contributed by atoms with Gasteiger partial charge in [0.1, 0.15) is 10.6 Å². The molecule has 144 valence electrons. The summed E-state index contributed by atoms with van der Waals surface area (Å²) in [5.74, 6) is 0.309. The number of hydrogen-bond donors (Lipinski definition) is 1. The minimum Gasteiger partial charge on any atom is -0.492 e. The summed E-state index contributed by atoms with van der Waals surface area (Å²) in [6.45, 7) is 2.18. The van der Waals surface area contributed by atoms with Crippen LogP contribution in [0.4, 0.5) is 5.69 Å². The minimum absolute atomic E-state index is 0.0802. The lowest BCUT2D eigenvalue weighted by molar-refractivity contribution is 0.331. The highest BCUT2D eigenvalue weighted by atomic mass is 79.9. The van der Waals surface area contributed by atoms with Gasteiger partial charge in [-0.15, -0.1) is 11.3 Å². The van der Waals surface area contributed by atoms with Crippen molar-refractivity contribution in [2.75, 3.05) is 11.3 Å². The van der Waals surface area contributed by atoms with Crippen molar-refractivity contribution in [1.82, 2.24) is 9.38 Å². The van der Waals surface area contributed by atoms with E-state index in [2.05, 4.69) is 25.6 Å². The van der Waals surface area contributed by atoms with Crippen molar-refractivity contribution in [3.63, 3.8) is 0 Å². The smallest absolute Gasteiger partial charge is 0.265 e. The van der Waals surface area contributed by atoms with Gasteiger partial charge in [-0.3, -0.25) is 9.12 Å². The molecule has 4 rings (SSSR count). The molecule has 28 heavy (non-hydrogen) atoms. The number of sulfonamides is 1. The molecule has 0 radical (unpaired) electrons. The second-order valence-corrected chi connectivity index (χ2v) is 9.37. The van der Waals surface area contributed by atoms with E-state index >= 15 is 0 Å². The van der Waals surface area contributed by atoms with Crippen molar-refractivity contribution in [2.45, 2.75) is 11.8 Å². The Morgan fingerprint density at radius 3 is 2.89 bits per heavy atom. The number of thiazole rings is 1. The summed E-state index contributed by atoms with van der Waals surface area (Å²) < 4.78 is 36.6. The van der Waals surface area contributed by atoms with E-state index in [0.29, 0.717) is 22.5 Å². The number of imidazole rings is 1. The zero-order valence-corrected chi connectivity index (χ0v) is 18.0. The number of anilines is 1. The monoisotopic (exact) mass is 477 g/mol. The van der Waals surface area contributed by atoms with Gasteiger partial charge in [0.15, 0.2) is 4.96 Å².